The molecular weight excluding hydrogens is 342 g/mol. The Morgan fingerprint density at radius 1 is 1.12 bits per heavy atom. The summed E-state index contributed by atoms with van der Waals surface area (Å²) in [5.74, 6) is -0.0701. The highest BCUT2D eigenvalue weighted by molar-refractivity contribution is 7.14. The quantitative estimate of drug-likeness (QED) is 0.555. The van der Waals surface area contributed by atoms with Gasteiger partial charge in [0.1, 0.15) is 6.54 Å². The summed E-state index contributed by atoms with van der Waals surface area (Å²) in [4.78, 5) is 17.0. The summed E-state index contributed by atoms with van der Waals surface area (Å²) < 4.78 is 2.03. The Hall–Kier alpha value is -2.92. The number of nitrogens with zero attached hydrogens (tertiary/aromatic N) is 2. The third-order valence-corrected chi connectivity index (χ3v) is 5.18. The Labute approximate surface area is 156 Å². The van der Waals surface area contributed by atoms with Crippen molar-refractivity contribution < 1.29 is 4.79 Å². The number of rotatable bonds is 4. The molecule has 0 saturated heterocycles. The molecule has 4 aromatic rings. The lowest BCUT2D eigenvalue weighted by Gasteiger charge is -2.07. The second-order valence-corrected chi connectivity index (χ2v) is 7.24. The highest BCUT2D eigenvalue weighted by Crippen LogP contribution is 2.25. The van der Waals surface area contributed by atoms with Crippen LogP contribution in [0.1, 0.15) is 11.3 Å². The van der Waals surface area contributed by atoms with E-state index in [1.807, 2.05) is 47.2 Å². The second-order valence-electron chi connectivity index (χ2n) is 6.38. The molecule has 0 fully saturated rings. The molecule has 4 rings (SSSR count). The number of amides is 1. The maximum atomic E-state index is 12.5. The van der Waals surface area contributed by atoms with E-state index < -0.39 is 0 Å². The lowest BCUT2D eigenvalue weighted by Crippen LogP contribution is -2.19. The van der Waals surface area contributed by atoms with E-state index in [-0.39, 0.29) is 12.5 Å². The van der Waals surface area contributed by atoms with Crippen LogP contribution in [0.3, 0.4) is 0 Å². The predicted molar refractivity (Wildman–Crippen MR) is 108 cm³/mol. The van der Waals surface area contributed by atoms with E-state index in [4.69, 9.17) is 0 Å². The predicted octanol–water partition coefficient (Wildman–Crippen LogP) is 5.02. The minimum Gasteiger partial charge on any atom is -0.335 e. The highest BCUT2D eigenvalue weighted by Gasteiger charge is 2.12. The molecular formula is C21H19N3OS. The maximum Gasteiger partial charge on any atom is 0.246 e. The molecule has 26 heavy (non-hydrogen) atoms. The maximum absolute atomic E-state index is 12.5. The first-order valence-electron chi connectivity index (χ1n) is 8.47. The fraction of sp³-hybridized carbons (Fsp3) is 0.143. The molecule has 2 aromatic heterocycles. The number of aromatic nitrogens is 2. The smallest absolute Gasteiger partial charge is 0.246 e. The zero-order valence-electron chi connectivity index (χ0n) is 14.7. The van der Waals surface area contributed by atoms with Crippen LogP contribution < -0.4 is 5.32 Å². The van der Waals surface area contributed by atoms with Gasteiger partial charge in [0, 0.05) is 22.2 Å². The number of nitrogens with one attached hydrogen (secondary N) is 1. The fourth-order valence-corrected chi connectivity index (χ4v) is 3.78. The van der Waals surface area contributed by atoms with Gasteiger partial charge in [-0.25, -0.2) is 4.98 Å². The number of para-hydroxylation sites is 1. The van der Waals surface area contributed by atoms with Crippen LogP contribution in [0.2, 0.25) is 0 Å². The summed E-state index contributed by atoms with van der Waals surface area (Å²) >= 11 is 1.45. The summed E-state index contributed by atoms with van der Waals surface area (Å²) in [6.45, 7) is 4.36. The minimum atomic E-state index is -0.0701. The molecule has 0 atom stereocenters. The first-order valence-corrected chi connectivity index (χ1v) is 9.35. The van der Waals surface area contributed by atoms with Gasteiger partial charge in [-0.15, -0.1) is 11.3 Å². The van der Waals surface area contributed by atoms with Crippen molar-refractivity contribution in [2.75, 3.05) is 5.32 Å². The summed E-state index contributed by atoms with van der Waals surface area (Å²) in [5, 5.41) is 6.66. The van der Waals surface area contributed by atoms with Crippen LogP contribution in [0.4, 0.5) is 5.13 Å². The lowest BCUT2D eigenvalue weighted by molar-refractivity contribution is -0.116. The average molecular weight is 361 g/mol. The Morgan fingerprint density at radius 2 is 1.88 bits per heavy atom. The zero-order valence-corrected chi connectivity index (χ0v) is 15.5. The SMILES string of the molecule is Cc1ccc(-c2csc(NC(=O)Cn3c(C)cc4ccccc43)n2)cc1. The van der Waals surface area contributed by atoms with E-state index in [0.29, 0.717) is 5.13 Å². The Balaban J connectivity index is 1.50. The number of carbonyl (C=O) groups is 1. The number of thiazole rings is 1. The number of aryl methyl sites for hydroxylation is 2. The fourth-order valence-electron chi connectivity index (χ4n) is 3.05. The molecule has 1 amide bonds. The van der Waals surface area contributed by atoms with Gasteiger partial charge in [0.15, 0.2) is 5.13 Å². The summed E-state index contributed by atoms with van der Waals surface area (Å²) in [6, 6.07) is 18.4. The number of benzene rings is 2. The number of anilines is 1. The van der Waals surface area contributed by atoms with Crippen LogP contribution in [0, 0.1) is 13.8 Å². The molecule has 4 nitrogen and oxygen atoms in total. The first kappa shape index (κ1) is 16.5. The normalized spacial score (nSPS) is 11.0. The second kappa shape index (κ2) is 6.77. The molecule has 0 aliphatic carbocycles. The van der Waals surface area contributed by atoms with Crippen molar-refractivity contribution in [3.8, 4) is 11.3 Å². The van der Waals surface area contributed by atoms with Gasteiger partial charge in [0.05, 0.1) is 5.69 Å². The number of hydrogen-bond acceptors (Lipinski definition) is 3. The molecule has 0 saturated carbocycles. The van der Waals surface area contributed by atoms with E-state index >= 15 is 0 Å². The molecule has 130 valence electrons. The lowest BCUT2D eigenvalue weighted by atomic mass is 10.1. The molecule has 5 heteroatoms. The van der Waals surface area contributed by atoms with Gasteiger partial charge in [-0.05, 0) is 31.4 Å². The van der Waals surface area contributed by atoms with Crippen molar-refractivity contribution in [3.63, 3.8) is 0 Å². The van der Waals surface area contributed by atoms with Crippen LogP contribution in [0.25, 0.3) is 22.2 Å². The van der Waals surface area contributed by atoms with Gasteiger partial charge in [-0.2, -0.15) is 0 Å². The van der Waals surface area contributed by atoms with Crippen molar-refractivity contribution in [2.24, 2.45) is 0 Å². The third kappa shape index (κ3) is 3.26. The topological polar surface area (TPSA) is 46.9 Å². The van der Waals surface area contributed by atoms with E-state index in [1.165, 1.54) is 16.9 Å². The molecule has 2 aromatic carbocycles. The summed E-state index contributed by atoms with van der Waals surface area (Å²) in [7, 11) is 0. The largest absolute Gasteiger partial charge is 0.335 e. The molecule has 0 spiro atoms. The molecule has 2 heterocycles. The van der Waals surface area contributed by atoms with E-state index in [9.17, 15) is 4.79 Å². The molecule has 0 radical (unpaired) electrons. The molecule has 0 aliphatic rings. The van der Waals surface area contributed by atoms with Crippen LogP contribution in [-0.2, 0) is 11.3 Å². The van der Waals surface area contributed by atoms with E-state index in [1.54, 1.807) is 0 Å². The van der Waals surface area contributed by atoms with Gasteiger partial charge in [0.2, 0.25) is 5.91 Å². The molecule has 0 bridgehead atoms. The molecule has 0 unspecified atom stereocenters. The van der Waals surface area contributed by atoms with Crippen LogP contribution >= 0.6 is 11.3 Å². The zero-order chi connectivity index (χ0) is 18.1. The Kier molecular flexibility index (Phi) is 4.31. The van der Waals surface area contributed by atoms with Crippen molar-refractivity contribution in [3.05, 3.63) is 71.2 Å². The van der Waals surface area contributed by atoms with Gasteiger partial charge in [-0.1, -0.05) is 48.0 Å². The van der Waals surface area contributed by atoms with E-state index in [0.717, 1.165) is 27.9 Å². The standard InChI is InChI=1S/C21H19N3OS/c1-14-7-9-16(10-8-14)18-13-26-21(22-18)23-20(25)12-24-15(2)11-17-5-3-4-6-19(17)24/h3-11,13H,12H2,1-2H3,(H,22,23,25). The van der Waals surface area contributed by atoms with Crippen LogP contribution in [0.15, 0.2) is 60.0 Å². The molecule has 1 N–H and O–H groups in total. The van der Waals surface area contributed by atoms with Crippen molar-refractivity contribution >= 4 is 33.3 Å². The molecule has 0 aliphatic heterocycles. The summed E-state index contributed by atoms with van der Waals surface area (Å²) in [5.41, 5.74) is 5.29. The third-order valence-electron chi connectivity index (χ3n) is 4.42. The van der Waals surface area contributed by atoms with Gasteiger partial charge in [-0.3, -0.25) is 4.79 Å². The van der Waals surface area contributed by atoms with Crippen LogP contribution in [0.5, 0.6) is 0 Å². The Morgan fingerprint density at radius 3 is 2.69 bits per heavy atom. The van der Waals surface area contributed by atoms with Gasteiger partial charge in [0.25, 0.3) is 0 Å². The number of hydrogen-bond donors (Lipinski definition) is 1. The van der Waals surface area contributed by atoms with Crippen molar-refractivity contribution in [1.29, 1.82) is 0 Å². The van der Waals surface area contributed by atoms with Crippen molar-refractivity contribution in [1.82, 2.24) is 9.55 Å². The monoisotopic (exact) mass is 361 g/mol. The van der Waals surface area contributed by atoms with Gasteiger partial charge >= 0.3 is 0 Å². The summed E-state index contributed by atoms with van der Waals surface area (Å²) in [6.07, 6.45) is 0. The van der Waals surface area contributed by atoms with E-state index in [2.05, 4.69) is 41.5 Å². The Bertz CT molecular complexity index is 1080. The average Bonchev–Trinajstić information content (AvgIpc) is 3.21. The highest BCUT2D eigenvalue weighted by atomic mass is 32.1. The number of carbonyl (C=O) groups excluding carboxylic acids is 1. The minimum absolute atomic E-state index is 0.0701. The first-order chi connectivity index (χ1) is 12.6. The number of fused-ring (bicyclic) bond motifs is 1. The van der Waals surface area contributed by atoms with Gasteiger partial charge < -0.3 is 9.88 Å². The van der Waals surface area contributed by atoms with Crippen LogP contribution in [-0.4, -0.2) is 15.5 Å². The van der Waals surface area contributed by atoms with Crippen molar-refractivity contribution in [2.45, 2.75) is 20.4 Å².